The molecule has 0 saturated carbocycles. The lowest BCUT2D eigenvalue weighted by Crippen LogP contribution is -1.97. The van der Waals surface area contributed by atoms with Crippen molar-refractivity contribution in [3.05, 3.63) is 53.1 Å². The molecule has 0 radical (unpaired) electrons. The number of halogens is 1. The Labute approximate surface area is 110 Å². The van der Waals surface area contributed by atoms with Crippen molar-refractivity contribution in [2.75, 3.05) is 7.11 Å². The third kappa shape index (κ3) is 2.46. The lowest BCUT2D eigenvalue weighted by atomic mass is 10.0. The molecule has 3 nitrogen and oxygen atoms in total. The van der Waals surface area contributed by atoms with Crippen LogP contribution in [0.15, 0.2) is 42.5 Å². The molecule has 0 fully saturated rings. The molecule has 4 heteroatoms. The summed E-state index contributed by atoms with van der Waals surface area (Å²) in [7, 11) is 1.51. The molecule has 1 N–H and O–H groups in total. The largest absolute Gasteiger partial charge is 0.496 e. The number of hydrogen-bond acceptors (Lipinski definition) is 2. The number of aromatic carboxylic acids is 1. The van der Waals surface area contributed by atoms with Crippen molar-refractivity contribution >= 4 is 17.6 Å². The van der Waals surface area contributed by atoms with Gasteiger partial charge in [0.2, 0.25) is 0 Å². The van der Waals surface area contributed by atoms with Gasteiger partial charge in [0, 0.05) is 10.6 Å². The molecule has 0 atom stereocenters. The van der Waals surface area contributed by atoms with Crippen molar-refractivity contribution in [2.24, 2.45) is 0 Å². The van der Waals surface area contributed by atoms with E-state index in [1.165, 1.54) is 13.2 Å². The Bertz CT molecular complexity index is 576. The summed E-state index contributed by atoms with van der Waals surface area (Å²) in [5, 5.41) is 9.58. The smallest absolute Gasteiger partial charge is 0.335 e. The summed E-state index contributed by atoms with van der Waals surface area (Å²) in [6.07, 6.45) is 0. The molecule has 2 aromatic carbocycles. The highest BCUT2D eigenvalue weighted by atomic mass is 35.5. The van der Waals surface area contributed by atoms with Crippen molar-refractivity contribution in [2.45, 2.75) is 0 Å². The van der Waals surface area contributed by atoms with Crippen LogP contribution in [0.2, 0.25) is 5.02 Å². The lowest BCUT2D eigenvalue weighted by molar-refractivity contribution is 0.0696. The lowest BCUT2D eigenvalue weighted by Gasteiger charge is -2.09. The predicted octanol–water partition coefficient (Wildman–Crippen LogP) is 3.71. The number of carboxylic acid groups (broad SMARTS) is 1. The third-order valence-electron chi connectivity index (χ3n) is 2.60. The Morgan fingerprint density at radius 3 is 2.39 bits per heavy atom. The van der Waals surface area contributed by atoms with Gasteiger partial charge < -0.3 is 9.84 Å². The molecule has 0 saturated heterocycles. The Morgan fingerprint density at radius 1 is 1.17 bits per heavy atom. The van der Waals surface area contributed by atoms with Crippen LogP contribution < -0.4 is 4.74 Å². The van der Waals surface area contributed by atoms with Gasteiger partial charge in [0.25, 0.3) is 0 Å². The first-order valence-corrected chi connectivity index (χ1v) is 5.67. The molecular weight excluding hydrogens is 252 g/mol. The van der Waals surface area contributed by atoms with Gasteiger partial charge in [-0.2, -0.15) is 0 Å². The molecule has 92 valence electrons. The zero-order valence-corrected chi connectivity index (χ0v) is 10.4. The molecule has 0 aliphatic heterocycles. The topological polar surface area (TPSA) is 46.5 Å². The van der Waals surface area contributed by atoms with E-state index >= 15 is 0 Å². The molecular formula is C14H11ClO3. The maximum absolute atomic E-state index is 10.9. The van der Waals surface area contributed by atoms with Crippen molar-refractivity contribution in [3.8, 4) is 16.9 Å². The minimum absolute atomic E-state index is 0.199. The number of rotatable bonds is 3. The van der Waals surface area contributed by atoms with E-state index < -0.39 is 5.97 Å². The number of carbonyl (C=O) groups is 1. The van der Waals surface area contributed by atoms with Gasteiger partial charge >= 0.3 is 5.97 Å². The molecule has 0 heterocycles. The van der Waals surface area contributed by atoms with Gasteiger partial charge in [-0.1, -0.05) is 23.7 Å². The molecule has 0 bridgehead atoms. The summed E-state index contributed by atoms with van der Waals surface area (Å²) in [6.45, 7) is 0. The maximum atomic E-state index is 10.9. The van der Waals surface area contributed by atoms with E-state index in [0.29, 0.717) is 10.8 Å². The van der Waals surface area contributed by atoms with Gasteiger partial charge in [0.15, 0.2) is 0 Å². The SMILES string of the molecule is COc1cc(C(=O)O)ccc1-c1ccc(Cl)cc1. The first-order chi connectivity index (χ1) is 8.61. The molecule has 0 aromatic heterocycles. The van der Waals surface area contributed by atoms with E-state index in [9.17, 15) is 4.79 Å². The average Bonchev–Trinajstić information content (AvgIpc) is 2.39. The van der Waals surface area contributed by atoms with E-state index in [-0.39, 0.29) is 5.56 Å². The predicted molar refractivity (Wildman–Crippen MR) is 70.4 cm³/mol. The average molecular weight is 263 g/mol. The summed E-state index contributed by atoms with van der Waals surface area (Å²) in [4.78, 5) is 10.9. The second kappa shape index (κ2) is 5.10. The molecule has 2 rings (SSSR count). The van der Waals surface area contributed by atoms with Gasteiger partial charge in [-0.25, -0.2) is 4.79 Å². The number of carboxylic acids is 1. The standard InChI is InChI=1S/C14H11ClO3/c1-18-13-8-10(14(16)17)4-7-12(13)9-2-5-11(15)6-3-9/h2-8H,1H3,(H,16,17). The number of methoxy groups -OCH3 is 1. The normalized spacial score (nSPS) is 10.1. The Balaban J connectivity index is 2.50. The summed E-state index contributed by atoms with van der Waals surface area (Å²) < 4.78 is 5.22. The van der Waals surface area contributed by atoms with Crippen LogP contribution in [0.4, 0.5) is 0 Å². The summed E-state index contributed by atoms with van der Waals surface area (Å²) in [5.74, 6) is -0.451. The van der Waals surface area contributed by atoms with E-state index in [2.05, 4.69) is 0 Å². The van der Waals surface area contributed by atoms with Crippen molar-refractivity contribution < 1.29 is 14.6 Å². The Hall–Kier alpha value is -2.00. The fourth-order valence-corrected chi connectivity index (χ4v) is 1.82. The second-order valence-corrected chi connectivity index (χ2v) is 4.16. The van der Waals surface area contributed by atoms with Gasteiger partial charge in [-0.05, 0) is 35.9 Å². The van der Waals surface area contributed by atoms with E-state index in [4.69, 9.17) is 21.4 Å². The highest BCUT2D eigenvalue weighted by Gasteiger charge is 2.10. The Morgan fingerprint density at radius 2 is 1.83 bits per heavy atom. The molecule has 0 unspecified atom stereocenters. The van der Waals surface area contributed by atoms with Crippen molar-refractivity contribution in [1.29, 1.82) is 0 Å². The minimum atomic E-state index is -0.976. The van der Waals surface area contributed by atoms with Crippen molar-refractivity contribution in [3.63, 3.8) is 0 Å². The number of benzene rings is 2. The van der Waals surface area contributed by atoms with Crippen molar-refractivity contribution in [1.82, 2.24) is 0 Å². The molecule has 2 aromatic rings. The van der Waals surface area contributed by atoms with Crippen LogP contribution in [0.3, 0.4) is 0 Å². The zero-order chi connectivity index (χ0) is 13.1. The van der Waals surface area contributed by atoms with Crippen LogP contribution >= 0.6 is 11.6 Å². The van der Waals surface area contributed by atoms with Gasteiger partial charge in [-0.15, -0.1) is 0 Å². The highest BCUT2D eigenvalue weighted by molar-refractivity contribution is 6.30. The van der Waals surface area contributed by atoms with Crippen LogP contribution in [0.1, 0.15) is 10.4 Å². The van der Waals surface area contributed by atoms with Crippen LogP contribution in [-0.2, 0) is 0 Å². The van der Waals surface area contributed by atoms with Gasteiger partial charge in [0.1, 0.15) is 5.75 Å². The maximum Gasteiger partial charge on any atom is 0.335 e. The summed E-state index contributed by atoms with van der Waals surface area (Å²) in [6, 6.07) is 12.1. The van der Waals surface area contributed by atoms with Crippen LogP contribution in [0.5, 0.6) is 5.75 Å². The van der Waals surface area contributed by atoms with E-state index in [1.54, 1.807) is 24.3 Å². The number of ether oxygens (including phenoxy) is 1. The van der Waals surface area contributed by atoms with E-state index in [1.807, 2.05) is 12.1 Å². The molecule has 0 aliphatic rings. The van der Waals surface area contributed by atoms with Gasteiger partial charge in [-0.3, -0.25) is 0 Å². The molecule has 0 spiro atoms. The van der Waals surface area contributed by atoms with Crippen LogP contribution in [0.25, 0.3) is 11.1 Å². The zero-order valence-electron chi connectivity index (χ0n) is 9.68. The second-order valence-electron chi connectivity index (χ2n) is 3.73. The van der Waals surface area contributed by atoms with Crippen LogP contribution in [-0.4, -0.2) is 18.2 Å². The first-order valence-electron chi connectivity index (χ1n) is 5.29. The fraction of sp³-hybridized carbons (Fsp3) is 0.0714. The Kier molecular flexibility index (Phi) is 3.53. The van der Waals surface area contributed by atoms with Crippen LogP contribution in [0, 0.1) is 0 Å². The molecule has 18 heavy (non-hydrogen) atoms. The quantitative estimate of drug-likeness (QED) is 0.917. The van der Waals surface area contributed by atoms with E-state index in [0.717, 1.165) is 11.1 Å². The molecule has 0 amide bonds. The highest BCUT2D eigenvalue weighted by Crippen LogP contribution is 2.31. The van der Waals surface area contributed by atoms with Gasteiger partial charge in [0.05, 0.1) is 12.7 Å². The minimum Gasteiger partial charge on any atom is -0.496 e. The monoisotopic (exact) mass is 262 g/mol. The number of hydrogen-bond donors (Lipinski definition) is 1. The third-order valence-corrected chi connectivity index (χ3v) is 2.86. The first kappa shape index (κ1) is 12.5. The summed E-state index contributed by atoms with van der Waals surface area (Å²) in [5.41, 5.74) is 1.96. The molecule has 0 aliphatic carbocycles. The fourth-order valence-electron chi connectivity index (χ4n) is 1.69. The summed E-state index contributed by atoms with van der Waals surface area (Å²) >= 11 is 5.83.